The summed E-state index contributed by atoms with van der Waals surface area (Å²) in [7, 11) is 15.9. The molecule has 11 N–H and O–H groups in total. The van der Waals surface area contributed by atoms with Crippen molar-refractivity contribution in [3.8, 4) is 78.8 Å². The fraction of sp³-hybridized carbons (Fsp3) is 0.133. The first-order valence-corrected chi connectivity index (χ1v) is 42.3. The molecule has 0 radical (unpaired) electrons. The molecular weight excluding hydrogens is 1660 g/mol. The molecular formula is C98H97N33O. The number of carbonyl (C=O) groups excluding carboxylic acids is 1. The number of fused-ring (bicyclic) bond motifs is 5. The molecule has 0 spiro atoms. The van der Waals surface area contributed by atoms with Crippen LogP contribution in [0.3, 0.4) is 0 Å². The van der Waals surface area contributed by atoms with E-state index in [0.29, 0.717) is 51.7 Å². The van der Waals surface area contributed by atoms with Crippen molar-refractivity contribution in [2.75, 3.05) is 90.1 Å². The predicted molar refractivity (Wildman–Crippen MR) is 522 cm³/mol. The monoisotopic (exact) mass is 1750 g/mol. The van der Waals surface area contributed by atoms with E-state index in [2.05, 4.69) is 169 Å². The van der Waals surface area contributed by atoms with E-state index in [0.717, 1.165) is 149 Å². The van der Waals surface area contributed by atoms with Gasteiger partial charge in [-0.15, -0.1) is 0 Å². The SMILES string of the molecule is CC(C)Cn1cc(-c2cnc3c(Nc4cccc(N(C)C)c4)nccn23)cn1.CN(C)c1cccc(Nc2nccn3c(-c4cn(C)nc4-c4cccc(N)c4)cnc23)c1.CN(C)c1cccc(Nc2nccn3c(-c4cnn(Cc5ccccc5)c4)cnc23)c1.Cn1cc(-c2cnc3c(N)nc(-c4ccccc4)cn23)cn1.NC(=O)c1cccc(-c2cnc(N)c3nccn23)c1. The summed E-state index contributed by atoms with van der Waals surface area (Å²) in [6.45, 7) is 6.00. The molecule has 14 heterocycles. The lowest BCUT2D eigenvalue weighted by molar-refractivity contribution is 0.1000. The van der Waals surface area contributed by atoms with Crippen LogP contribution in [0, 0.1) is 5.92 Å². The highest BCUT2D eigenvalue weighted by Crippen LogP contribution is 2.36. The Balaban J connectivity index is 0.000000117. The molecule has 0 atom stereocenters. The highest BCUT2D eigenvalue weighted by molar-refractivity contribution is 5.94. The van der Waals surface area contributed by atoms with E-state index in [9.17, 15) is 4.79 Å². The number of rotatable bonds is 21. The quantitative estimate of drug-likeness (QED) is 0.0329. The Morgan fingerprint density at radius 3 is 1.37 bits per heavy atom. The molecule has 0 aliphatic carbocycles. The number of nitrogens with zero attached hydrogens (tertiary/aromatic N) is 26. The van der Waals surface area contributed by atoms with Gasteiger partial charge >= 0.3 is 0 Å². The van der Waals surface area contributed by atoms with Gasteiger partial charge in [-0.25, -0.2) is 49.8 Å². The number of amides is 1. The lowest BCUT2D eigenvalue weighted by Crippen LogP contribution is -2.10. The normalized spacial score (nSPS) is 11.1. The Hall–Kier alpha value is -17.9. The van der Waals surface area contributed by atoms with Gasteiger partial charge in [0.05, 0.1) is 90.3 Å². The summed E-state index contributed by atoms with van der Waals surface area (Å²) >= 11 is 0. The smallest absolute Gasteiger partial charge is 0.248 e. The van der Waals surface area contributed by atoms with Crippen LogP contribution in [0.2, 0.25) is 0 Å². The van der Waals surface area contributed by atoms with Crippen molar-refractivity contribution in [1.29, 1.82) is 0 Å². The van der Waals surface area contributed by atoms with Crippen LogP contribution in [0.15, 0.2) is 312 Å². The molecule has 0 aliphatic heterocycles. The van der Waals surface area contributed by atoms with Crippen molar-refractivity contribution in [3.63, 3.8) is 0 Å². The van der Waals surface area contributed by atoms with E-state index in [1.807, 2.05) is 284 Å². The van der Waals surface area contributed by atoms with E-state index in [4.69, 9.17) is 22.9 Å². The summed E-state index contributed by atoms with van der Waals surface area (Å²) in [5.41, 5.74) is 48.4. The standard InChI is InChI=1S/C24H24N8.C24H23N7.C21H25N7.C16H14N6.C13H11N5O/c1-30(2)19-9-5-8-18(13-19)28-23-24-27-14-21(32(24)11-10-26-23)20-15-31(3)29-22(20)16-6-4-7-17(25)12-16;1-29(2)21-10-6-9-20(13-21)28-23-24-26-15-22(31(24)12-11-25-23)19-14-27-30(17-19)16-18-7-4-3-5-8-18;1-15(2)13-27-14-16(11-24-27)19-12-23-21-20(22-8-9-28(19)21)25-17-6-5-7-18(10-17)26(3)4;1-21-9-12(7-19-21)14-8-18-16-15(17)20-13(10-22(14)16)11-5-3-2-4-6-11;14-11-13-16-4-5-18(13)10(7-17-11)8-2-1-3-9(6-8)12(15)19/h4-15H,25H2,1-3H3,(H,26,28);3-15,17H,16H2,1-2H3,(H,25,28);5-12,14-15H,13H2,1-4H3,(H,22,25);2-10H,1H3,(H2,17,20);1-7H,(H2,14,17)(H2,15,19). The van der Waals surface area contributed by atoms with Crippen LogP contribution >= 0.6 is 0 Å². The largest absolute Gasteiger partial charge is 0.399 e. The van der Waals surface area contributed by atoms with Gasteiger partial charge in [-0.3, -0.25) is 45.5 Å². The Labute approximate surface area is 759 Å². The second kappa shape index (κ2) is 38.1. The Morgan fingerprint density at radius 1 is 0.386 bits per heavy atom. The van der Waals surface area contributed by atoms with Crippen LogP contribution < -0.4 is 53.6 Å². The van der Waals surface area contributed by atoms with Crippen molar-refractivity contribution in [2.45, 2.75) is 26.9 Å². The van der Waals surface area contributed by atoms with Gasteiger partial charge in [0.25, 0.3) is 0 Å². The molecule has 34 nitrogen and oxygen atoms in total. The average Bonchev–Trinajstić information content (AvgIpc) is 1.60. The van der Waals surface area contributed by atoms with Gasteiger partial charge in [-0.05, 0) is 90.3 Å². The fourth-order valence-electron chi connectivity index (χ4n) is 15.1. The number of aryl methyl sites for hydroxylation is 2. The molecule has 1 amide bonds. The van der Waals surface area contributed by atoms with Gasteiger partial charge < -0.3 is 53.6 Å². The van der Waals surface area contributed by atoms with Gasteiger partial charge in [0.15, 0.2) is 57.3 Å². The fourth-order valence-corrected chi connectivity index (χ4v) is 15.1. The predicted octanol–water partition coefficient (Wildman–Crippen LogP) is 16.2. The van der Waals surface area contributed by atoms with Crippen LogP contribution in [-0.4, -0.2) is 159 Å². The number of aromatic nitrogens is 23. The van der Waals surface area contributed by atoms with Crippen LogP contribution in [-0.2, 0) is 27.2 Å². The topological polar surface area (TPSA) is 389 Å². The lowest BCUT2D eigenvalue weighted by atomic mass is 10.1. The summed E-state index contributed by atoms with van der Waals surface area (Å²) in [5.74, 6) is 2.97. The van der Waals surface area contributed by atoms with Gasteiger partial charge in [0, 0.05) is 228 Å². The average molecular weight is 1750 g/mol. The van der Waals surface area contributed by atoms with E-state index < -0.39 is 5.91 Å². The zero-order chi connectivity index (χ0) is 91.6. The van der Waals surface area contributed by atoms with E-state index >= 15 is 0 Å². The van der Waals surface area contributed by atoms with Crippen LogP contribution in [0.1, 0.15) is 29.8 Å². The summed E-state index contributed by atoms with van der Waals surface area (Å²) in [6, 6.07) is 59.6. The highest BCUT2D eigenvalue weighted by atomic mass is 16.1. The van der Waals surface area contributed by atoms with Crippen molar-refractivity contribution >= 4 is 103 Å². The molecule has 7 aromatic carbocycles. The molecule has 14 aromatic heterocycles. The van der Waals surface area contributed by atoms with Crippen LogP contribution in [0.4, 0.5) is 68.9 Å². The first-order valence-electron chi connectivity index (χ1n) is 42.3. The third kappa shape index (κ3) is 19.3. The van der Waals surface area contributed by atoms with Crippen LogP contribution in [0.5, 0.6) is 0 Å². The molecule has 0 bridgehead atoms. The molecule has 34 heteroatoms. The number of imidazole rings is 5. The maximum absolute atomic E-state index is 11.2. The third-order valence-corrected chi connectivity index (χ3v) is 21.5. The maximum atomic E-state index is 11.2. The molecule has 132 heavy (non-hydrogen) atoms. The van der Waals surface area contributed by atoms with Gasteiger partial charge in [0.1, 0.15) is 5.69 Å². The summed E-state index contributed by atoms with van der Waals surface area (Å²) in [6.07, 6.45) is 39.1. The zero-order valence-corrected chi connectivity index (χ0v) is 74.3. The van der Waals surface area contributed by atoms with Gasteiger partial charge in [-0.2, -0.15) is 20.4 Å². The zero-order valence-electron chi connectivity index (χ0n) is 74.3. The summed E-state index contributed by atoms with van der Waals surface area (Å²) in [4.78, 5) is 62.0. The molecule has 0 saturated carbocycles. The van der Waals surface area contributed by atoms with Crippen molar-refractivity contribution in [1.82, 2.24) is 111 Å². The molecule has 21 aromatic rings. The number of benzene rings is 7. The number of carbonyl (C=O) groups is 1. The number of anilines is 12. The highest BCUT2D eigenvalue weighted by Gasteiger charge is 2.22. The van der Waals surface area contributed by atoms with E-state index in [1.165, 1.54) is 5.56 Å². The van der Waals surface area contributed by atoms with Gasteiger partial charge in [0.2, 0.25) is 5.91 Å². The van der Waals surface area contributed by atoms with Gasteiger partial charge in [-0.1, -0.05) is 117 Å². The van der Waals surface area contributed by atoms with Crippen molar-refractivity contribution in [3.05, 3.63) is 323 Å². The first kappa shape index (κ1) is 86.3. The number of nitrogens with one attached hydrogen (secondary N) is 3. The minimum absolute atomic E-state index is 0.361. The van der Waals surface area contributed by atoms with E-state index in [-0.39, 0.29) is 0 Å². The number of nitrogen functional groups attached to an aromatic ring is 3. The maximum Gasteiger partial charge on any atom is 0.248 e. The molecule has 660 valence electrons. The Morgan fingerprint density at radius 2 is 0.833 bits per heavy atom. The second-order valence-corrected chi connectivity index (χ2v) is 32.2. The van der Waals surface area contributed by atoms with E-state index in [1.54, 1.807) is 70.9 Å². The third-order valence-electron chi connectivity index (χ3n) is 21.5. The molecule has 0 fully saturated rings. The Bertz CT molecular complexity index is 7610. The summed E-state index contributed by atoms with van der Waals surface area (Å²) < 4.78 is 17.4. The lowest BCUT2D eigenvalue weighted by Gasteiger charge is -2.14. The number of hydrogen-bond acceptors (Lipinski definition) is 24. The molecule has 0 aliphatic rings. The Kier molecular flexibility index (Phi) is 24.9. The summed E-state index contributed by atoms with van der Waals surface area (Å²) in [5, 5.41) is 28.1. The first-order chi connectivity index (χ1) is 64.1. The number of primary amides is 1. The van der Waals surface area contributed by atoms with Crippen molar-refractivity contribution < 1.29 is 4.79 Å². The number of hydrogen-bond donors (Lipinski definition) is 7. The number of nitrogens with two attached hydrogens (primary N) is 4. The van der Waals surface area contributed by atoms with Crippen LogP contribution in [0.25, 0.3) is 107 Å². The second-order valence-electron chi connectivity index (χ2n) is 32.2. The minimum Gasteiger partial charge on any atom is -0.399 e. The van der Waals surface area contributed by atoms with Crippen molar-refractivity contribution in [2.24, 2.45) is 25.7 Å². The molecule has 21 rings (SSSR count). The molecule has 0 saturated heterocycles. The molecule has 0 unspecified atom stereocenters. The minimum atomic E-state index is -0.466.